The molecule has 5 N–H and O–H groups in total. The first-order valence-electron chi connectivity index (χ1n) is 19.8. The Balaban J connectivity index is 4.12. The van der Waals surface area contributed by atoms with Crippen molar-refractivity contribution in [1.29, 1.82) is 5.41 Å². The zero-order valence-electron chi connectivity index (χ0n) is 31.0. The van der Waals surface area contributed by atoms with E-state index in [4.69, 9.17) is 10.1 Å². The second kappa shape index (κ2) is 35.7. The minimum atomic E-state index is -0.809. The monoisotopic (exact) mass is 683 g/mol. The summed E-state index contributed by atoms with van der Waals surface area (Å²) < 4.78 is 5.38. The molecule has 0 saturated heterocycles. The molecule has 0 fully saturated rings. The van der Waals surface area contributed by atoms with E-state index in [0.29, 0.717) is 26.0 Å². The molecule has 0 aliphatic heterocycles. The second-order valence-electron chi connectivity index (χ2n) is 13.4. The number of nitrogens with zero attached hydrogens (tertiary/aromatic N) is 1. The fraction of sp³-hybridized carbons (Fsp3) is 0.919. The van der Waals surface area contributed by atoms with Crippen molar-refractivity contribution in [2.75, 3.05) is 19.7 Å². The Bertz CT molecular complexity index is 785. The first kappa shape index (κ1) is 45.4. The van der Waals surface area contributed by atoms with Crippen LogP contribution in [0.25, 0.3) is 0 Å². The van der Waals surface area contributed by atoms with E-state index in [9.17, 15) is 19.7 Å². The molecule has 48 heavy (non-hydrogen) atoms. The number of alkyl carbamates (subject to hydrolysis) is 1. The van der Waals surface area contributed by atoms with Crippen LogP contribution in [0.2, 0.25) is 0 Å². The van der Waals surface area contributed by atoms with Crippen LogP contribution >= 0.6 is 0 Å². The zero-order chi connectivity index (χ0) is 35.3. The van der Waals surface area contributed by atoms with Crippen molar-refractivity contribution in [2.24, 2.45) is 0 Å². The summed E-state index contributed by atoms with van der Waals surface area (Å²) in [6.45, 7) is 5.62. The highest BCUT2D eigenvalue weighted by molar-refractivity contribution is 5.85. The quantitative estimate of drug-likeness (QED) is 0.0146. The number of nitrogens with one attached hydrogen (secondary N) is 5. The third-order valence-electron chi connectivity index (χ3n) is 8.84. The molecule has 0 spiro atoms. The highest BCUT2D eigenvalue weighted by atomic mass is 16.7. The largest absolute Gasteiger partial charge is 0.450 e. The van der Waals surface area contributed by atoms with Gasteiger partial charge in [-0.3, -0.25) is 10.2 Å². The van der Waals surface area contributed by atoms with E-state index in [-0.39, 0.29) is 12.5 Å². The molecule has 0 heterocycles. The van der Waals surface area contributed by atoms with Crippen molar-refractivity contribution in [3.63, 3.8) is 0 Å². The van der Waals surface area contributed by atoms with Crippen molar-refractivity contribution in [2.45, 2.75) is 200 Å². The molecule has 0 aliphatic rings. The number of hydrogen-bond donors (Lipinski definition) is 5. The summed E-state index contributed by atoms with van der Waals surface area (Å²) in [7, 11) is 0. The number of hydrogen-bond acceptors (Lipinski definition) is 6. The summed E-state index contributed by atoms with van der Waals surface area (Å²) in [5, 5.41) is 25.4. The van der Waals surface area contributed by atoms with Gasteiger partial charge < -0.3 is 20.7 Å². The highest BCUT2D eigenvalue weighted by Gasteiger charge is 2.21. The van der Waals surface area contributed by atoms with Crippen LogP contribution in [0.4, 0.5) is 4.79 Å². The summed E-state index contributed by atoms with van der Waals surface area (Å²) >= 11 is 0. The summed E-state index contributed by atoms with van der Waals surface area (Å²) in [6.07, 6.45) is 32.8. The number of nitro groups is 1. The number of ether oxygens (including phenoxy) is 1. The number of carbonyl (C=O) groups is 2. The SMILES string of the molecule is CCCCCCCCCCCCCCCCCCOC(=O)N[C@@H](CCCNC(=N)N[N+](=O)[O-])C(=O)NCCCCCCCCCCCC. The van der Waals surface area contributed by atoms with Crippen molar-refractivity contribution >= 4 is 18.0 Å². The third kappa shape index (κ3) is 33.3. The van der Waals surface area contributed by atoms with E-state index in [0.717, 1.165) is 38.5 Å². The minimum Gasteiger partial charge on any atom is -0.450 e. The predicted molar refractivity (Wildman–Crippen MR) is 198 cm³/mol. The van der Waals surface area contributed by atoms with Crippen molar-refractivity contribution in [3.05, 3.63) is 10.1 Å². The molecule has 11 heteroatoms. The van der Waals surface area contributed by atoms with Gasteiger partial charge in [-0.05, 0) is 25.7 Å². The molecule has 0 bridgehead atoms. The molecule has 1 atom stereocenters. The molecule has 0 unspecified atom stereocenters. The Labute approximate surface area is 293 Å². The third-order valence-corrected chi connectivity index (χ3v) is 8.84. The molecule has 0 aromatic carbocycles. The van der Waals surface area contributed by atoms with Gasteiger partial charge in [0.15, 0.2) is 5.03 Å². The van der Waals surface area contributed by atoms with Gasteiger partial charge in [-0.1, -0.05) is 173 Å². The fourth-order valence-electron chi connectivity index (χ4n) is 5.87. The number of guanidine groups is 1. The Morgan fingerprint density at radius 1 is 0.604 bits per heavy atom. The lowest BCUT2D eigenvalue weighted by Crippen LogP contribution is -2.47. The Hall–Kier alpha value is -2.59. The molecule has 11 nitrogen and oxygen atoms in total. The lowest BCUT2D eigenvalue weighted by Gasteiger charge is -2.18. The topological polar surface area (TPSA) is 158 Å². The van der Waals surface area contributed by atoms with Crippen LogP contribution in [0.15, 0.2) is 0 Å². The summed E-state index contributed by atoms with van der Waals surface area (Å²) in [5.41, 5.74) is 1.74. The first-order chi connectivity index (χ1) is 23.4. The number of unbranched alkanes of at least 4 members (excludes halogenated alkanes) is 24. The van der Waals surface area contributed by atoms with Gasteiger partial charge in [0, 0.05) is 13.1 Å². The van der Waals surface area contributed by atoms with Gasteiger partial charge in [-0.15, -0.1) is 0 Å². The van der Waals surface area contributed by atoms with E-state index in [2.05, 4.69) is 29.8 Å². The van der Waals surface area contributed by atoms with Gasteiger partial charge in [0.25, 0.3) is 5.96 Å². The summed E-state index contributed by atoms with van der Waals surface area (Å²) in [6, 6.07) is -0.772. The second-order valence-corrected chi connectivity index (χ2v) is 13.4. The number of carbonyl (C=O) groups excluding carboxylic acids is 2. The van der Waals surface area contributed by atoms with E-state index in [1.165, 1.54) is 128 Å². The van der Waals surface area contributed by atoms with E-state index in [1.807, 2.05) is 0 Å². The Kier molecular flexibility index (Phi) is 33.8. The fourth-order valence-corrected chi connectivity index (χ4v) is 5.87. The number of hydrazine groups is 1. The maximum atomic E-state index is 12.9. The maximum Gasteiger partial charge on any atom is 0.407 e. The van der Waals surface area contributed by atoms with Crippen LogP contribution in [0.5, 0.6) is 0 Å². The molecule has 0 aromatic rings. The van der Waals surface area contributed by atoms with Gasteiger partial charge >= 0.3 is 6.09 Å². The smallest absolute Gasteiger partial charge is 0.407 e. The van der Waals surface area contributed by atoms with E-state index < -0.39 is 23.1 Å². The maximum absolute atomic E-state index is 12.9. The molecule has 2 amide bonds. The molecule has 0 aromatic heterocycles. The molecule has 0 radical (unpaired) electrons. The molecule has 0 aliphatic carbocycles. The molecule has 282 valence electrons. The van der Waals surface area contributed by atoms with Crippen LogP contribution in [-0.4, -0.2) is 48.7 Å². The van der Waals surface area contributed by atoms with Gasteiger partial charge in [-0.2, -0.15) is 0 Å². The normalized spacial score (nSPS) is 11.5. The van der Waals surface area contributed by atoms with Crippen molar-refractivity contribution in [1.82, 2.24) is 21.4 Å². The zero-order valence-corrected chi connectivity index (χ0v) is 31.0. The van der Waals surface area contributed by atoms with Gasteiger partial charge in [-0.25, -0.2) is 14.9 Å². The van der Waals surface area contributed by atoms with Crippen LogP contribution in [0.3, 0.4) is 0 Å². The van der Waals surface area contributed by atoms with Gasteiger partial charge in [0.2, 0.25) is 5.91 Å². The van der Waals surface area contributed by atoms with E-state index >= 15 is 0 Å². The molecular formula is C37H74N6O5. The van der Waals surface area contributed by atoms with Gasteiger partial charge in [0.1, 0.15) is 6.04 Å². The molecule has 0 saturated carbocycles. The average molecular weight is 683 g/mol. The van der Waals surface area contributed by atoms with Crippen LogP contribution < -0.4 is 21.4 Å². The lowest BCUT2D eigenvalue weighted by molar-refractivity contribution is -0.525. The van der Waals surface area contributed by atoms with Crippen LogP contribution in [0, 0.1) is 15.5 Å². The summed E-state index contributed by atoms with van der Waals surface area (Å²) in [4.78, 5) is 35.9. The highest BCUT2D eigenvalue weighted by Crippen LogP contribution is 2.14. The van der Waals surface area contributed by atoms with Gasteiger partial charge in [0.05, 0.1) is 6.61 Å². The van der Waals surface area contributed by atoms with Crippen molar-refractivity contribution in [3.8, 4) is 0 Å². The van der Waals surface area contributed by atoms with Crippen LogP contribution in [0.1, 0.15) is 194 Å². The Morgan fingerprint density at radius 3 is 1.44 bits per heavy atom. The van der Waals surface area contributed by atoms with Crippen molar-refractivity contribution < 1.29 is 19.4 Å². The van der Waals surface area contributed by atoms with Crippen LogP contribution in [-0.2, 0) is 9.53 Å². The van der Waals surface area contributed by atoms with E-state index in [1.54, 1.807) is 5.43 Å². The lowest BCUT2D eigenvalue weighted by atomic mass is 10.0. The first-order valence-corrected chi connectivity index (χ1v) is 19.8. The minimum absolute atomic E-state index is 0.248. The molecular weight excluding hydrogens is 608 g/mol. The predicted octanol–water partition coefficient (Wildman–Crippen LogP) is 9.47. The Morgan fingerprint density at radius 2 is 1.00 bits per heavy atom. The standard InChI is InChI=1S/C37H74N6O5/c1-3-5-7-9-11-13-15-16-17-18-19-20-22-24-26-28-33-48-37(45)41-34(30-29-32-40-36(38)42-43(46)47)35(44)39-31-27-25-23-21-14-12-10-8-6-4-2/h34H,3-33H2,1-2H3,(H,39,44)(H,41,45)(H3,38,40,42)/t34-/m0/s1. The summed E-state index contributed by atoms with van der Waals surface area (Å²) in [5.74, 6) is -0.683. The molecule has 0 rings (SSSR count). The number of rotatable bonds is 35. The number of amides is 2. The average Bonchev–Trinajstić information content (AvgIpc) is 3.06.